The Labute approximate surface area is 695 Å². The highest BCUT2D eigenvalue weighted by Crippen LogP contribution is 2.70. The van der Waals surface area contributed by atoms with Crippen LogP contribution in [0.15, 0.2) is 101 Å². The number of nitrogens with zero attached hydrogens (tertiary/aromatic N) is 12. The lowest BCUT2D eigenvalue weighted by atomic mass is 9.78. The van der Waals surface area contributed by atoms with Gasteiger partial charge >= 0.3 is 0 Å². The molecule has 5 aliphatic carbocycles. The van der Waals surface area contributed by atoms with E-state index in [9.17, 15) is 23.6 Å². The number of halogens is 1. The van der Waals surface area contributed by atoms with E-state index >= 15 is 0 Å². The Morgan fingerprint density at radius 3 is 1.19 bits per heavy atom. The summed E-state index contributed by atoms with van der Waals surface area (Å²) in [7, 11) is 3.57. The number of alkyl halides is 1. The van der Waals surface area contributed by atoms with Crippen LogP contribution in [-0.4, -0.2) is 223 Å². The fourth-order valence-electron chi connectivity index (χ4n) is 19.2. The van der Waals surface area contributed by atoms with Gasteiger partial charge in [0.15, 0.2) is 0 Å². The number of piperidine rings is 4. The second-order valence-electron chi connectivity index (χ2n) is 34.0. The van der Waals surface area contributed by atoms with Crippen molar-refractivity contribution < 1.29 is 37.8 Å². The number of carbonyl (C=O) groups is 4. The average Bonchev–Trinajstić information content (AvgIpc) is 1.54. The number of methoxy groups -OCH3 is 2. The summed E-state index contributed by atoms with van der Waals surface area (Å²) in [4.78, 5) is 105. The minimum Gasteiger partial charge on any atom is -0.381 e. The summed E-state index contributed by atoms with van der Waals surface area (Å²) in [5.74, 6) is 8.32. The van der Waals surface area contributed by atoms with Crippen molar-refractivity contribution in [3.63, 3.8) is 0 Å². The number of likely N-dealkylation sites (tertiary alicyclic amines) is 4. The molecular formula is C90H127FN20O7. The molecule has 8 N–H and O–H groups in total. The van der Waals surface area contributed by atoms with Gasteiger partial charge in [0, 0.05) is 119 Å². The number of hydrogen-bond acceptors (Lipinski definition) is 19. The Kier molecular flexibility index (Phi) is 29.1. The Morgan fingerprint density at radius 2 is 0.856 bits per heavy atom. The number of aromatic nitrogens is 12. The predicted octanol–water partition coefficient (Wildman–Crippen LogP) is 14.7. The lowest BCUT2D eigenvalue weighted by Gasteiger charge is -2.38. The van der Waals surface area contributed by atoms with Gasteiger partial charge in [0.2, 0.25) is 23.6 Å². The largest absolute Gasteiger partial charge is 0.381 e. The molecule has 17 rings (SSSR count). The average molecular weight is 1620 g/mol. The SMILES string of the molecule is C.C.C.C#CCOCC1CC1c1c[nH]c2ncnc(N[C@@H]3CC[C@H](C)N(C(=O)C=C)C3)c12.C=CC(=O)N1C[C@H](Nc2ncnc3[nH]cc(CC4CC(OC)C4)c23)CC[C@@H]1C.C=CC(=O)N1C[C@H](Nc2ncnc3[nH]cc(CC4CC(OC)C4)c23)CC[C@@H]1C.C=CC(=O)N1C[C@H](Nc2ncnc3[nH]cc([C@H]4CC[C@]5(C4)CC5(C)F)c23)CC[C@@H]1C. The van der Waals surface area contributed by atoms with Crippen LogP contribution in [0.4, 0.5) is 27.7 Å². The first-order valence-electron chi connectivity index (χ1n) is 41.4. The molecule has 0 radical (unpaired) electrons. The van der Waals surface area contributed by atoms with Crippen LogP contribution in [0.5, 0.6) is 0 Å². The molecule has 9 aliphatic rings. The molecular weight excluding hydrogens is 1490 g/mol. The minimum absolute atomic E-state index is 0. The Morgan fingerprint density at radius 1 is 0.517 bits per heavy atom. The summed E-state index contributed by atoms with van der Waals surface area (Å²) < 4.78 is 30.9. The van der Waals surface area contributed by atoms with E-state index in [0.717, 1.165) is 183 Å². The normalized spacial score (nSPS) is 28.5. The van der Waals surface area contributed by atoms with Gasteiger partial charge in [0.1, 0.15) is 83.4 Å². The van der Waals surface area contributed by atoms with E-state index in [0.29, 0.717) is 87.6 Å². The van der Waals surface area contributed by atoms with Crippen molar-refractivity contribution in [2.24, 2.45) is 23.2 Å². The van der Waals surface area contributed by atoms with Crippen molar-refractivity contribution in [3.05, 3.63) is 123 Å². The molecule has 27 nitrogen and oxygen atoms in total. The molecule has 13 atom stereocenters. The molecule has 118 heavy (non-hydrogen) atoms. The van der Waals surface area contributed by atoms with Gasteiger partial charge in [0.05, 0.1) is 40.4 Å². The summed E-state index contributed by atoms with van der Waals surface area (Å²) in [6, 6.07) is 1.52. The van der Waals surface area contributed by atoms with Crippen molar-refractivity contribution in [2.45, 2.75) is 257 Å². The number of carbonyl (C=O) groups excluding carboxylic acids is 4. The lowest BCUT2D eigenvalue weighted by molar-refractivity contribution is -0.130. The molecule has 4 saturated heterocycles. The van der Waals surface area contributed by atoms with E-state index in [1.807, 2.05) is 32.0 Å². The van der Waals surface area contributed by atoms with E-state index in [4.69, 9.17) is 20.6 Å². The molecule has 0 bridgehead atoms. The number of fused-ring (bicyclic) bond motifs is 4. The third-order valence-electron chi connectivity index (χ3n) is 26.4. The van der Waals surface area contributed by atoms with Gasteiger partial charge < -0.3 is 75.0 Å². The molecule has 4 amide bonds. The van der Waals surface area contributed by atoms with Crippen LogP contribution >= 0.6 is 0 Å². The van der Waals surface area contributed by atoms with Gasteiger partial charge in [-0.1, -0.05) is 54.5 Å². The maximum absolute atomic E-state index is 14.6. The number of rotatable bonds is 23. The molecule has 12 heterocycles. The predicted molar refractivity (Wildman–Crippen MR) is 466 cm³/mol. The fourth-order valence-corrected chi connectivity index (χ4v) is 19.2. The molecule has 5 saturated carbocycles. The summed E-state index contributed by atoms with van der Waals surface area (Å²) in [6.07, 6.45) is 45.0. The summed E-state index contributed by atoms with van der Waals surface area (Å²) >= 11 is 0. The second kappa shape index (κ2) is 38.7. The zero-order valence-corrected chi connectivity index (χ0v) is 67.8. The number of aromatic amines is 4. The van der Waals surface area contributed by atoms with Crippen molar-refractivity contribution in [2.75, 3.05) is 74.9 Å². The van der Waals surface area contributed by atoms with Gasteiger partial charge in [-0.25, -0.2) is 44.3 Å². The molecule has 4 aliphatic heterocycles. The van der Waals surface area contributed by atoms with E-state index in [1.165, 1.54) is 46.6 Å². The number of amides is 4. The van der Waals surface area contributed by atoms with Gasteiger partial charge in [-0.3, -0.25) is 19.2 Å². The van der Waals surface area contributed by atoms with Crippen LogP contribution in [0.2, 0.25) is 0 Å². The highest BCUT2D eigenvalue weighted by molar-refractivity contribution is 5.95. The third kappa shape index (κ3) is 19.4. The highest BCUT2D eigenvalue weighted by Gasteiger charge is 2.67. The van der Waals surface area contributed by atoms with Crippen molar-refractivity contribution in [1.82, 2.24) is 79.4 Å². The maximum atomic E-state index is 14.6. The molecule has 8 aromatic rings. The van der Waals surface area contributed by atoms with Crippen molar-refractivity contribution in [1.29, 1.82) is 0 Å². The smallest absolute Gasteiger partial charge is 0.246 e. The van der Waals surface area contributed by atoms with Crippen molar-refractivity contribution in [3.8, 4) is 12.3 Å². The van der Waals surface area contributed by atoms with Crippen LogP contribution in [0, 0.1) is 35.5 Å². The third-order valence-corrected chi connectivity index (χ3v) is 26.4. The Bertz CT molecular complexity index is 4720. The number of hydrogen-bond donors (Lipinski definition) is 8. The number of anilines is 4. The van der Waals surface area contributed by atoms with Gasteiger partial charge in [-0.05, 0) is 233 Å². The molecule has 9 fully saturated rings. The van der Waals surface area contributed by atoms with E-state index < -0.39 is 5.67 Å². The fraction of sp³-hybridized carbons (Fsp3) is 0.578. The molecule has 1 spiro atoms. The second-order valence-corrected chi connectivity index (χ2v) is 34.0. The number of terminal acetylenes is 1. The highest BCUT2D eigenvalue weighted by atomic mass is 19.1. The van der Waals surface area contributed by atoms with Crippen LogP contribution in [0.3, 0.4) is 0 Å². The molecule has 28 heteroatoms. The standard InChI is InChI=1S/C23H30FN5O.C22H27N5O2.2C21H29N5O2.3CH4/c1-4-18(30)29-11-16(6-5-14(29)2)28-21-19-17(10-25-20(19)26-13-27-21)15-7-8-23(9-15)12-22(23,3)24;1-4-8-29-12-15-9-17(15)18-10-23-21-20(18)22(25-13-24-21)26-16-7-6-14(3)27(11-16)19(28)5-2;2*1-4-18(27)26-11-16(6-5-13(26)2)25-21-19-15(7-14-8-17(9-14)28-3)10-22-20(19)23-12-24-21;;;/h4,10,13-16H,1,5-9,11-12H2,2-3H3,(H2,25,26,27,28);1,5,10,13-17H,2,6-9,11-12H2,3H3,(H2,23,24,25,26);2*4,10,12-14,16-17H,1,5-9,11H2,2-3H3,(H2,22,23,24,25);3*1H4/t14-,15-,16+,22?,23-;14-,15?,16+,17?;2*13-,14?,16+,17?;;;/m0000.../s1. The summed E-state index contributed by atoms with van der Waals surface area (Å²) in [5.41, 5.74) is 7.14. The lowest BCUT2D eigenvalue weighted by Crippen LogP contribution is -2.49. The van der Waals surface area contributed by atoms with Gasteiger partial charge in [-0.15, -0.1) is 6.42 Å². The monoisotopic (exact) mass is 1620 g/mol. The first kappa shape index (κ1) is 88.7. The topological polar surface area (TPSA) is 323 Å². The van der Waals surface area contributed by atoms with Crippen LogP contribution in [0.1, 0.15) is 200 Å². The number of H-pyrrole nitrogens is 4. The zero-order chi connectivity index (χ0) is 80.8. The van der Waals surface area contributed by atoms with E-state index in [-0.39, 0.29) is 99.7 Å². The molecule has 3 unspecified atom stereocenters. The number of nitrogens with one attached hydrogen (secondary N) is 8. The Balaban J connectivity index is 0.000000153. The Hall–Kier alpha value is -10.1. The minimum atomic E-state index is -1.01. The molecule has 636 valence electrons. The van der Waals surface area contributed by atoms with Crippen LogP contribution in [-0.2, 0) is 46.2 Å². The first-order valence-corrected chi connectivity index (χ1v) is 41.4. The maximum Gasteiger partial charge on any atom is 0.246 e. The first-order chi connectivity index (χ1) is 55.6. The summed E-state index contributed by atoms with van der Waals surface area (Å²) in [6.45, 7) is 28.3. The van der Waals surface area contributed by atoms with Crippen LogP contribution in [0.25, 0.3) is 44.1 Å². The van der Waals surface area contributed by atoms with E-state index in [2.05, 4.69) is 153 Å². The zero-order valence-electron chi connectivity index (χ0n) is 67.8. The molecule has 0 aromatic carbocycles. The summed E-state index contributed by atoms with van der Waals surface area (Å²) in [5, 5.41) is 18.5. The van der Waals surface area contributed by atoms with Crippen molar-refractivity contribution >= 4 is 91.0 Å². The molecule has 8 aromatic heterocycles. The number of ether oxygens (including phenoxy) is 3. The van der Waals surface area contributed by atoms with Gasteiger partial charge in [-0.2, -0.15) is 0 Å². The quantitative estimate of drug-likeness (QED) is 0.0168. The van der Waals surface area contributed by atoms with Crippen LogP contribution < -0.4 is 21.3 Å². The van der Waals surface area contributed by atoms with E-state index in [1.54, 1.807) is 46.5 Å². The van der Waals surface area contributed by atoms with Gasteiger partial charge in [0.25, 0.3) is 0 Å².